The molecule has 0 saturated carbocycles. The van der Waals surface area contributed by atoms with Crippen molar-refractivity contribution in [3.05, 3.63) is 0 Å². The van der Waals surface area contributed by atoms with Crippen LogP contribution in [0.3, 0.4) is 0 Å². The van der Waals surface area contributed by atoms with Crippen LogP contribution in [0.4, 0.5) is 0 Å². The molecule has 0 rings (SSSR count). The van der Waals surface area contributed by atoms with E-state index in [-0.39, 0.29) is 41.8 Å². The van der Waals surface area contributed by atoms with Gasteiger partial charge >= 0.3 is 35.5 Å². The summed E-state index contributed by atoms with van der Waals surface area (Å²) in [5.41, 5.74) is 0. The summed E-state index contributed by atoms with van der Waals surface area (Å²) in [6.07, 6.45) is 7.68. The fraction of sp³-hybridized carbons (Fsp3) is 0.769. The Morgan fingerprint density at radius 2 is 1.17 bits per heavy atom. The molecular weight excluding hydrogens is 243 g/mol. The first-order valence-electron chi connectivity index (χ1n) is 6.29. The van der Waals surface area contributed by atoms with Gasteiger partial charge in [0, 0.05) is 12.8 Å². The van der Waals surface area contributed by atoms with Gasteiger partial charge in [0.1, 0.15) is 5.78 Å². The average molecular weight is 266 g/mol. The second-order valence-corrected chi connectivity index (χ2v) is 4.41. The van der Waals surface area contributed by atoms with Crippen LogP contribution in [-0.4, -0.2) is 52.2 Å². The quantitative estimate of drug-likeness (QED) is 0.353. The van der Waals surface area contributed by atoms with Gasteiger partial charge in [-0.3, -0.25) is 4.79 Å². The first-order valence-corrected chi connectivity index (χ1v) is 6.29. The molecule has 0 spiro atoms. The number of carbonyl (C=O) groups is 3. The molecule has 0 saturated heterocycles. The molecule has 4 nitrogen and oxygen atoms in total. The molecule has 0 atom stereocenters. The van der Waals surface area contributed by atoms with E-state index in [0.29, 0.717) is 12.8 Å². The van der Waals surface area contributed by atoms with Crippen LogP contribution in [0.25, 0.3) is 0 Å². The van der Waals surface area contributed by atoms with Gasteiger partial charge < -0.3 is 9.90 Å². The van der Waals surface area contributed by atoms with Crippen LogP contribution in [0.1, 0.15) is 64.7 Å². The Morgan fingerprint density at radius 3 is 1.56 bits per heavy atom. The van der Waals surface area contributed by atoms with Gasteiger partial charge in [-0.1, -0.05) is 32.1 Å². The average Bonchev–Trinajstić information content (AvgIpc) is 2.25. The third-order valence-electron chi connectivity index (χ3n) is 2.67. The molecule has 0 aliphatic heterocycles. The van der Waals surface area contributed by atoms with Crippen molar-refractivity contribution in [1.82, 2.24) is 0 Å². The number of Topliss-reactive ketones (excluding diaryl/α,β-unsaturated/α-hetero) is 2. The summed E-state index contributed by atoms with van der Waals surface area (Å²) in [7, 11) is 0. The first-order chi connectivity index (χ1) is 8.04. The summed E-state index contributed by atoms with van der Waals surface area (Å²) < 4.78 is 0. The summed E-state index contributed by atoms with van der Waals surface area (Å²) >= 11 is 0. The van der Waals surface area contributed by atoms with Crippen molar-refractivity contribution in [2.75, 3.05) is 0 Å². The van der Waals surface area contributed by atoms with Crippen LogP contribution in [-0.2, 0) is 14.4 Å². The van der Waals surface area contributed by atoms with E-state index in [1.165, 1.54) is 0 Å². The van der Waals surface area contributed by atoms with E-state index in [2.05, 4.69) is 0 Å². The molecule has 0 aliphatic rings. The summed E-state index contributed by atoms with van der Waals surface area (Å²) in [6, 6.07) is 0. The van der Waals surface area contributed by atoms with Crippen LogP contribution in [0.15, 0.2) is 0 Å². The van der Waals surface area contributed by atoms with E-state index >= 15 is 0 Å². The fourth-order valence-corrected chi connectivity index (χ4v) is 1.65. The predicted molar refractivity (Wildman–Crippen MR) is 72.0 cm³/mol. The number of carboxylic acids is 1. The SMILES string of the molecule is CC(=O)CCCCCCCCCC(=O)C(=O)O.[NaH]. The Bertz CT molecular complexity index is 264. The summed E-state index contributed by atoms with van der Waals surface area (Å²) in [4.78, 5) is 31.6. The fourth-order valence-electron chi connectivity index (χ4n) is 1.65. The van der Waals surface area contributed by atoms with Crippen molar-refractivity contribution < 1.29 is 19.5 Å². The van der Waals surface area contributed by atoms with Crippen LogP contribution in [0.5, 0.6) is 0 Å². The van der Waals surface area contributed by atoms with Gasteiger partial charge in [0.15, 0.2) is 0 Å². The third kappa shape index (κ3) is 13.9. The molecule has 0 amide bonds. The minimum absolute atomic E-state index is 0. The monoisotopic (exact) mass is 266 g/mol. The normalized spacial score (nSPS) is 9.61. The molecule has 100 valence electrons. The van der Waals surface area contributed by atoms with Gasteiger partial charge in [-0.2, -0.15) is 0 Å². The van der Waals surface area contributed by atoms with E-state index in [1.54, 1.807) is 6.92 Å². The van der Waals surface area contributed by atoms with E-state index < -0.39 is 11.8 Å². The number of hydrogen-bond acceptors (Lipinski definition) is 3. The molecule has 0 aromatic heterocycles. The Labute approximate surface area is 131 Å². The van der Waals surface area contributed by atoms with Gasteiger partial charge in [-0.15, -0.1) is 0 Å². The number of hydrogen-bond donors (Lipinski definition) is 1. The Morgan fingerprint density at radius 1 is 0.778 bits per heavy atom. The number of aliphatic carboxylic acids is 1. The van der Waals surface area contributed by atoms with E-state index in [9.17, 15) is 14.4 Å². The Hall–Kier alpha value is -0.190. The zero-order valence-electron chi connectivity index (χ0n) is 10.5. The molecule has 18 heavy (non-hydrogen) atoms. The van der Waals surface area contributed by atoms with Crippen LogP contribution in [0.2, 0.25) is 0 Å². The van der Waals surface area contributed by atoms with E-state index in [1.807, 2.05) is 0 Å². The topological polar surface area (TPSA) is 71.4 Å². The van der Waals surface area contributed by atoms with Crippen LogP contribution >= 0.6 is 0 Å². The maximum atomic E-state index is 10.7. The first kappa shape index (κ1) is 20.1. The Balaban J connectivity index is 0. The van der Waals surface area contributed by atoms with Crippen molar-refractivity contribution in [1.29, 1.82) is 0 Å². The minimum atomic E-state index is -1.32. The molecule has 0 aliphatic carbocycles. The molecule has 5 heteroatoms. The number of ketones is 2. The molecule has 0 unspecified atom stereocenters. The standard InChI is InChI=1S/C13H22O4.Na.H/c1-11(14)9-7-5-3-2-4-6-8-10-12(15)13(16)17;;/h2-10H2,1H3,(H,16,17);;. The van der Waals surface area contributed by atoms with Crippen LogP contribution < -0.4 is 0 Å². The summed E-state index contributed by atoms with van der Waals surface area (Å²) in [6.45, 7) is 1.61. The second-order valence-electron chi connectivity index (χ2n) is 4.41. The Kier molecular flexibility index (Phi) is 14.8. The van der Waals surface area contributed by atoms with E-state index in [0.717, 1.165) is 38.5 Å². The van der Waals surface area contributed by atoms with Gasteiger partial charge in [0.2, 0.25) is 5.78 Å². The third-order valence-corrected chi connectivity index (χ3v) is 2.67. The van der Waals surface area contributed by atoms with Gasteiger partial charge in [0.05, 0.1) is 0 Å². The van der Waals surface area contributed by atoms with Crippen molar-refractivity contribution in [3.63, 3.8) is 0 Å². The molecule has 0 radical (unpaired) electrons. The molecule has 0 fully saturated rings. The van der Waals surface area contributed by atoms with Crippen LogP contribution in [0, 0.1) is 0 Å². The van der Waals surface area contributed by atoms with Crippen molar-refractivity contribution in [2.24, 2.45) is 0 Å². The van der Waals surface area contributed by atoms with Crippen molar-refractivity contribution >= 4 is 47.1 Å². The molecule has 0 heterocycles. The molecular formula is C13H23NaO4. The number of carbonyl (C=O) groups excluding carboxylic acids is 2. The number of carboxylic acid groups (broad SMARTS) is 1. The van der Waals surface area contributed by atoms with Gasteiger partial charge in [-0.25, -0.2) is 4.79 Å². The second kappa shape index (κ2) is 13.2. The predicted octanol–water partition coefficient (Wildman–Crippen LogP) is 2.09. The number of unbranched alkanes of at least 4 members (excludes halogenated alkanes) is 6. The van der Waals surface area contributed by atoms with Gasteiger partial charge in [0.25, 0.3) is 0 Å². The number of rotatable bonds is 11. The molecule has 0 aromatic carbocycles. The van der Waals surface area contributed by atoms with Crippen molar-refractivity contribution in [2.45, 2.75) is 64.7 Å². The molecule has 0 aromatic rings. The summed E-state index contributed by atoms with van der Waals surface area (Å²) in [5, 5.41) is 8.35. The summed E-state index contributed by atoms with van der Waals surface area (Å²) in [5.74, 6) is -1.77. The maximum absolute atomic E-state index is 10.7. The molecule has 1 N–H and O–H groups in total. The molecule has 0 bridgehead atoms. The van der Waals surface area contributed by atoms with Crippen molar-refractivity contribution in [3.8, 4) is 0 Å². The van der Waals surface area contributed by atoms with E-state index in [4.69, 9.17) is 5.11 Å². The zero-order chi connectivity index (χ0) is 13.1. The zero-order valence-corrected chi connectivity index (χ0v) is 10.5. The van der Waals surface area contributed by atoms with Gasteiger partial charge in [-0.05, 0) is 19.8 Å².